The summed E-state index contributed by atoms with van der Waals surface area (Å²) < 4.78 is 0. The van der Waals surface area contributed by atoms with Crippen LogP contribution in [0.1, 0.15) is 33.4 Å². The monoisotopic (exact) mass is 1770 g/mol. The summed E-state index contributed by atoms with van der Waals surface area (Å²) in [6, 6.07) is 192. The summed E-state index contributed by atoms with van der Waals surface area (Å²) in [5.41, 5.74) is 8.76. The van der Waals surface area contributed by atoms with Crippen molar-refractivity contribution in [3.05, 3.63) is 543 Å². The predicted molar refractivity (Wildman–Crippen MR) is 545 cm³/mol. The Hall–Kier alpha value is -10.5. The van der Waals surface area contributed by atoms with E-state index in [1.807, 2.05) is 0 Å². The van der Waals surface area contributed by atoms with Crippen LogP contribution in [0, 0.1) is 0 Å². The van der Waals surface area contributed by atoms with Crippen LogP contribution >= 0.6 is 47.5 Å². The Labute approximate surface area is 750 Å². The summed E-state index contributed by atoms with van der Waals surface area (Å²) in [5.74, 6) is 0. The Morgan fingerprint density at radius 3 is 0.309 bits per heavy atom. The second kappa shape index (κ2) is 44.2. The van der Waals surface area contributed by atoms with Gasteiger partial charge in [-0.05, 0) is 176 Å². The minimum atomic E-state index is -1.56. The fraction of sp³-hybridized carbons (Fsp3) is 0.0526. The van der Waals surface area contributed by atoms with Gasteiger partial charge in [0.2, 0.25) is 0 Å². The van der Waals surface area contributed by atoms with Crippen LogP contribution in [0.4, 0.5) is 0 Å². The van der Waals surface area contributed by atoms with Gasteiger partial charge >= 0.3 is 0 Å². The van der Waals surface area contributed by atoms with Gasteiger partial charge in [-0.1, -0.05) is 510 Å². The van der Waals surface area contributed by atoms with Gasteiger partial charge < -0.3 is 0 Å². The molecule has 0 spiro atoms. The summed E-state index contributed by atoms with van der Waals surface area (Å²) in [4.78, 5) is 0. The second-order valence-electron chi connectivity index (χ2n) is 30.2. The van der Waals surface area contributed by atoms with Crippen molar-refractivity contribution in [2.45, 2.75) is 37.0 Å². The molecule has 0 aliphatic heterocycles. The molecule has 601 valence electrons. The first-order chi connectivity index (χ1) is 60.6. The molecule has 18 aromatic carbocycles. The van der Waals surface area contributed by atoms with Gasteiger partial charge in [-0.25, -0.2) is 0 Å². The minimum Gasteiger partial charge on any atom is -0.0623 e. The standard InChI is InChI=1S/2C57H48P3Si.Cu/c2*1-7-28-49(29-8-1)58(50-30-9-2-10-31-50)43-46-25-19-22-40-55(46)61(56-41-23-20-26-47(56)44-59(51-32-11-3-12-33-51)52-34-13-4-14-35-52)57-42-24-21-27-48(57)45-60(53-36-15-5-16-37-53)54-38-17-6-18-39-54;/h2*1-42H,43-45H2;. The van der Waals surface area contributed by atoms with Crippen molar-refractivity contribution in [1.82, 2.24) is 0 Å². The van der Waals surface area contributed by atoms with Gasteiger partial charge in [-0.2, -0.15) is 0 Å². The van der Waals surface area contributed by atoms with Crippen LogP contribution in [-0.2, 0) is 54.0 Å². The van der Waals surface area contributed by atoms with Crippen LogP contribution in [0.25, 0.3) is 0 Å². The van der Waals surface area contributed by atoms with Crippen molar-refractivity contribution in [2.75, 3.05) is 0 Å². The Kier molecular flexibility index (Phi) is 30.9. The normalized spacial score (nSPS) is 11.3. The predicted octanol–water partition coefficient (Wildman–Crippen LogP) is 20.2. The molecule has 9 heteroatoms. The first-order valence-electron chi connectivity index (χ1n) is 42.1. The first-order valence-corrected chi connectivity index (χ1v) is 54.3. The number of benzene rings is 18. The third-order valence-electron chi connectivity index (χ3n) is 22.5. The third kappa shape index (κ3) is 21.8. The molecule has 18 aromatic rings. The minimum absolute atomic E-state index is 0. The van der Waals surface area contributed by atoms with Gasteiger partial charge in [0.25, 0.3) is 0 Å². The molecule has 0 amide bonds. The average Bonchev–Trinajstić information content (AvgIpc) is 0.769. The molecule has 0 heterocycles. The van der Waals surface area contributed by atoms with E-state index in [4.69, 9.17) is 0 Å². The molecule has 0 unspecified atom stereocenters. The van der Waals surface area contributed by atoms with E-state index in [1.165, 1.54) is 128 Å². The van der Waals surface area contributed by atoms with Crippen molar-refractivity contribution in [3.63, 3.8) is 0 Å². The molecule has 0 aliphatic carbocycles. The molecule has 0 bridgehead atoms. The fourth-order valence-corrected chi connectivity index (χ4v) is 37.8. The molecule has 18 rings (SSSR count). The Morgan fingerprint density at radius 1 is 0.114 bits per heavy atom. The van der Waals surface area contributed by atoms with Crippen LogP contribution in [-0.4, -0.2) is 17.6 Å². The van der Waals surface area contributed by atoms with Crippen molar-refractivity contribution in [2.24, 2.45) is 0 Å². The van der Waals surface area contributed by atoms with Crippen molar-refractivity contribution < 1.29 is 17.1 Å². The number of rotatable bonds is 30. The zero-order valence-corrected chi connectivity index (χ0v) is 77.0. The van der Waals surface area contributed by atoms with E-state index < -0.39 is 65.1 Å². The SMILES string of the molecule is [Cu].c1ccc(P(Cc2ccccc2[Si](c2ccccc2CP(c2ccccc2)c2ccccc2)c2ccccc2CP(c2ccccc2)c2ccccc2)c2ccccc2)cc1.c1ccc(P(Cc2ccccc2[Si](c2ccccc2CP(c2ccccc2)c2ccccc2)c2ccccc2CP(c2ccccc2)c2ccccc2)c2ccccc2)cc1. The zero-order chi connectivity index (χ0) is 82.1. The summed E-state index contributed by atoms with van der Waals surface area (Å²) >= 11 is 0. The molecule has 0 aromatic heterocycles. The van der Waals surface area contributed by atoms with E-state index in [2.05, 4.69) is 510 Å². The van der Waals surface area contributed by atoms with Gasteiger partial charge in [0, 0.05) is 54.0 Å². The largest absolute Gasteiger partial charge is 0.155 e. The van der Waals surface area contributed by atoms with Crippen molar-refractivity contribution in [3.8, 4) is 0 Å². The van der Waals surface area contributed by atoms with Crippen molar-refractivity contribution in [1.29, 1.82) is 0 Å². The second-order valence-corrected chi connectivity index (χ2v) is 48.2. The van der Waals surface area contributed by atoms with E-state index in [-0.39, 0.29) is 17.1 Å². The molecule has 3 radical (unpaired) electrons. The quantitative estimate of drug-likeness (QED) is 0.0239. The molecular weight excluding hydrogens is 1670 g/mol. The molecule has 0 saturated heterocycles. The summed E-state index contributed by atoms with van der Waals surface area (Å²) in [6.45, 7) is 0. The van der Waals surface area contributed by atoms with E-state index in [9.17, 15) is 0 Å². The number of hydrogen-bond acceptors (Lipinski definition) is 0. The molecule has 0 fully saturated rings. The summed E-state index contributed by atoms with van der Waals surface area (Å²) in [7, 11) is -7.00. The topological polar surface area (TPSA) is 0 Å². The molecular formula is C114H96CuP6Si2. The molecule has 0 aliphatic rings. The van der Waals surface area contributed by atoms with E-state index in [1.54, 1.807) is 0 Å². The fourth-order valence-electron chi connectivity index (χ4n) is 16.6. The van der Waals surface area contributed by atoms with Gasteiger partial charge in [0.05, 0.1) is 0 Å². The Morgan fingerprint density at radius 2 is 0.203 bits per heavy atom. The molecule has 0 N–H and O–H groups in total. The third-order valence-corrected chi connectivity index (χ3v) is 43.7. The van der Waals surface area contributed by atoms with E-state index >= 15 is 0 Å². The maximum atomic E-state index is 2.48. The van der Waals surface area contributed by atoms with Crippen LogP contribution < -0.4 is 94.8 Å². The molecule has 0 saturated carbocycles. The summed E-state index contributed by atoms with van der Waals surface area (Å²) in [6.07, 6.45) is 5.91. The van der Waals surface area contributed by atoms with Gasteiger partial charge in [-0.15, -0.1) is 0 Å². The van der Waals surface area contributed by atoms with Gasteiger partial charge in [0.1, 0.15) is 0 Å². The van der Waals surface area contributed by atoms with Crippen LogP contribution in [0.5, 0.6) is 0 Å². The van der Waals surface area contributed by atoms with Gasteiger partial charge in [0.15, 0.2) is 17.6 Å². The van der Waals surface area contributed by atoms with Crippen LogP contribution in [0.15, 0.2) is 510 Å². The van der Waals surface area contributed by atoms with Gasteiger partial charge in [-0.3, -0.25) is 0 Å². The van der Waals surface area contributed by atoms with E-state index in [0.717, 1.165) is 37.0 Å². The van der Waals surface area contributed by atoms with Crippen LogP contribution in [0.2, 0.25) is 0 Å². The first kappa shape index (κ1) is 86.0. The molecule has 123 heavy (non-hydrogen) atoms. The molecule has 0 atom stereocenters. The number of hydrogen-bond donors (Lipinski definition) is 0. The van der Waals surface area contributed by atoms with E-state index in [0.29, 0.717) is 0 Å². The maximum Gasteiger partial charge on any atom is 0.155 e. The average molecular weight is 1770 g/mol. The smallest absolute Gasteiger partial charge is 0.0623 e. The molecule has 0 nitrogen and oxygen atoms in total. The summed E-state index contributed by atoms with van der Waals surface area (Å²) in [5, 5.41) is 26.0. The maximum absolute atomic E-state index is 2.48. The Bertz CT molecular complexity index is 5010. The van der Waals surface area contributed by atoms with Crippen molar-refractivity contribution >= 4 is 160 Å². The zero-order valence-electron chi connectivity index (χ0n) is 68.7. The van der Waals surface area contributed by atoms with Crippen LogP contribution in [0.3, 0.4) is 0 Å². The Balaban J connectivity index is 0.000000181.